The van der Waals surface area contributed by atoms with E-state index in [1.165, 1.54) is 0 Å². The molecule has 1 N–H and O–H groups in total. The molecule has 0 atom stereocenters. The lowest BCUT2D eigenvalue weighted by Crippen LogP contribution is -2.17. The number of nitrogens with zero attached hydrogens (tertiary/aromatic N) is 1. The van der Waals surface area contributed by atoms with Crippen molar-refractivity contribution in [3.8, 4) is 17.2 Å². The molecule has 27 heavy (non-hydrogen) atoms. The van der Waals surface area contributed by atoms with Gasteiger partial charge in [0.2, 0.25) is 0 Å². The molecule has 3 aromatic rings. The number of hydrogen-bond donors (Lipinski definition) is 1. The van der Waals surface area contributed by atoms with Crippen LogP contribution < -0.4 is 14.9 Å². The summed E-state index contributed by atoms with van der Waals surface area (Å²) in [5, 5.41) is 4.01. The molecule has 3 aromatic carbocycles. The van der Waals surface area contributed by atoms with Crippen molar-refractivity contribution in [3.63, 3.8) is 0 Å². The SMILES string of the molecule is CCOc1ccc(C(=O)N/N=C/c2cccc(Oc3ccccc3)c2)cc1. The topological polar surface area (TPSA) is 59.9 Å². The van der Waals surface area contributed by atoms with E-state index in [1.807, 2.05) is 61.5 Å². The summed E-state index contributed by atoms with van der Waals surface area (Å²) in [6.07, 6.45) is 1.57. The van der Waals surface area contributed by atoms with Gasteiger partial charge in [-0.2, -0.15) is 5.10 Å². The third-order valence-corrected chi connectivity index (χ3v) is 3.64. The van der Waals surface area contributed by atoms with E-state index in [4.69, 9.17) is 9.47 Å². The molecule has 0 saturated carbocycles. The minimum Gasteiger partial charge on any atom is -0.494 e. The summed E-state index contributed by atoms with van der Waals surface area (Å²) in [7, 11) is 0. The number of carbonyl (C=O) groups excluding carboxylic acids is 1. The van der Waals surface area contributed by atoms with Gasteiger partial charge in [-0.15, -0.1) is 0 Å². The average Bonchev–Trinajstić information content (AvgIpc) is 2.70. The van der Waals surface area contributed by atoms with Crippen LogP contribution in [0.3, 0.4) is 0 Å². The van der Waals surface area contributed by atoms with Crippen molar-refractivity contribution in [1.82, 2.24) is 5.43 Å². The van der Waals surface area contributed by atoms with Crippen molar-refractivity contribution >= 4 is 12.1 Å². The Morgan fingerprint density at radius 1 is 0.926 bits per heavy atom. The predicted molar refractivity (Wildman–Crippen MR) is 106 cm³/mol. The lowest BCUT2D eigenvalue weighted by atomic mass is 10.2. The lowest BCUT2D eigenvalue weighted by Gasteiger charge is -2.06. The van der Waals surface area contributed by atoms with E-state index < -0.39 is 0 Å². The Bertz CT molecular complexity index is 906. The van der Waals surface area contributed by atoms with Crippen molar-refractivity contribution < 1.29 is 14.3 Å². The van der Waals surface area contributed by atoms with Gasteiger partial charge in [0.05, 0.1) is 12.8 Å². The van der Waals surface area contributed by atoms with Crippen LogP contribution in [0.1, 0.15) is 22.8 Å². The Morgan fingerprint density at radius 3 is 2.41 bits per heavy atom. The normalized spacial score (nSPS) is 10.6. The number of hydrogen-bond acceptors (Lipinski definition) is 4. The number of rotatable bonds is 7. The van der Waals surface area contributed by atoms with E-state index in [0.717, 1.165) is 17.1 Å². The highest BCUT2D eigenvalue weighted by Crippen LogP contribution is 2.21. The van der Waals surface area contributed by atoms with Crippen LogP contribution in [0.4, 0.5) is 0 Å². The fraction of sp³-hybridized carbons (Fsp3) is 0.0909. The van der Waals surface area contributed by atoms with Crippen molar-refractivity contribution in [2.45, 2.75) is 6.92 Å². The molecule has 0 radical (unpaired) electrons. The first-order valence-electron chi connectivity index (χ1n) is 8.64. The highest BCUT2D eigenvalue weighted by Gasteiger charge is 2.04. The number of ether oxygens (including phenoxy) is 2. The highest BCUT2D eigenvalue weighted by atomic mass is 16.5. The average molecular weight is 360 g/mol. The summed E-state index contributed by atoms with van der Waals surface area (Å²) in [5.74, 6) is 1.90. The van der Waals surface area contributed by atoms with Crippen LogP contribution in [-0.4, -0.2) is 18.7 Å². The standard InChI is InChI=1S/C22H20N2O3/c1-2-26-19-13-11-18(12-14-19)22(25)24-23-16-17-7-6-10-21(15-17)27-20-8-4-3-5-9-20/h3-16H,2H2,1H3,(H,24,25)/b23-16+. The van der Waals surface area contributed by atoms with Gasteiger partial charge in [0.15, 0.2) is 0 Å². The smallest absolute Gasteiger partial charge is 0.271 e. The lowest BCUT2D eigenvalue weighted by molar-refractivity contribution is 0.0955. The van der Waals surface area contributed by atoms with Crippen LogP contribution in [0.5, 0.6) is 17.2 Å². The number of amides is 1. The second kappa shape index (κ2) is 9.20. The molecule has 0 heterocycles. The summed E-state index contributed by atoms with van der Waals surface area (Å²) in [4.78, 5) is 12.1. The van der Waals surface area contributed by atoms with Crippen molar-refractivity contribution in [1.29, 1.82) is 0 Å². The zero-order chi connectivity index (χ0) is 18.9. The zero-order valence-electron chi connectivity index (χ0n) is 15.0. The Hall–Kier alpha value is -3.60. The van der Waals surface area contributed by atoms with Gasteiger partial charge < -0.3 is 9.47 Å². The number of carbonyl (C=O) groups is 1. The number of para-hydroxylation sites is 1. The van der Waals surface area contributed by atoms with Gasteiger partial charge in [-0.05, 0) is 61.0 Å². The van der Waals surface area contributed by atoms with E-state index in [-0.39, 0.29) is 5.91 Å². The molecule has 0 saturated heterocycles. The largest absolute Gasteiger partial charge is 0.494 e. The predicted octanol–water partition coefficient (Wildman–Crippen LogP) is 4.64. The van der Waals surface area contributed by atoms with Gasteiger partial charge in [-0.1, -0.05) is 30.3 Å². The first kappa shape index (κ1) is 18.2. The summed E-state index contributed by atoms with van der Waals surface area (Å²) < 4.78 is 11.1. The van der Waals surface area contributed by atoms with E-state index in [2.05, 4.69) is 10.5 Å². The van der Waals surface area contributed by atoms with Crippen molar-refractivity contribution in [3.05, 3.63) is 90.0 Å². The van der Waals surface area contributed by atoms with Gasteiger partial charge in [0.25, 0.3) is 5.91 Å². The fourth-order valence-corrected chi connectivity index (χ4v) is 2.38. The molecule has 0 unspecified atom stereocenters. The Balaban J connectivity index is 1.59. The van der Waals surface area contributed by atoms with E-state index in [9.17, 15) is 4.79 Å². The van der Waals surface area contributed by atoms with Crippen molar-refractivity contribution in [2.75, 3.05) is 6.61 Å². The molecule has 0 aliphatic rings. The van der Waals surface area contributed by atoms with Gasteiger partial charge in [0.1, 0.15) is 17.2 Å². The zero-order valence-corrected chi connectivity index (χ0v) is 15.0. The molecular weight excluding hydrogens is 340 g/mol. The number of hydrazone groups is 1. The summed E-state index contributed by atoms with van der Waals surface area (Å²) in [5.41, 5.74) is 3.84. The van der Waals surface area contributed by atoms with Gasteiger partial charge in [-0.3, -0.25) is 4.79 Å². The van der Waals surface area contributed by atoms with Crippen LogP contribution in [0.2, 0.25) is 0 Å². The Labute approximate surface area is 158 Å². The van der Waals surface area contributed by atoms with Crippen LogP contribution in [0, 0.1) is 0 Å². The molecule has 0 bridgehead atoms. The highest BCUT2D eigenvalue weighted by molar-refractivity contribution is 5.95. The molecule has 136 valence electrons. The monoisotopic (exact) mass is 360 g/mol. The van der Waals surface area contributed by atoms with Crippen molar-refractivity contribution in [2.24, 2.45) is 5.10 Å². The summed E-state index contributed by atoms with van der Waals surface area (Å²) in [6.45, 7) is 2.50. The molecule has 0 aromatic heterocycles. The van der Waals surface area contributed by atoms with Crippen LogP contribution in [-0.2, 0) is 0 Å². The second-order valence-electron chi connectivity index (χ2n) is 5.64. The molecule has 5 nitrogen and oxygen atoms in total. The third kappa shape index (κ3) is 5.44. The maximum atomic E-state index is 12.1. The molecule has 0 spiro atoms. The Kier molecular flexibility index (Phi) is 6.20. The fourth-order valence-electron chi connectivity index (χ4n) is 2.38. The van der Waals surface area contributed by atoms with E-state index in [1.54, 1.807) is 30.5 Å². The van der Waals surface area contributed by atoms with E-state index >= 15 is 0 Å². The second-order valence-corrected chi connectivity index (χ2v) is 5.64. The molecular formula is C22H20N2O3. The minimum atomic E-state index is -0.286. The molecule has 1 amide bonds. The molecule has 3 rings (SSSR count). The third-order valence-electron chi connectivity index (χ3n) is 3.64. The quantitative estimate of drug-likeness (QED) is 0.493. The van der Waals surface area contributed by atoms with E-state index in [0.29, 0.717) is 17.9 Å². The first-order valence-corrected chi connectivity index (χ1v) is 8.64. The van der Waals surface area contributed by atoms with Crippen LogP contribution in [0.15, 0.2) is 84.0 Å². The molecule has 0 aliphatic heterocycles. The molecule has 0 fully saturated rings. The Morgan fingerprint density at radius 2 is 1.67 bits per heavy atom. The van der Waals surface area contributed by atoms with Gasteiger partial charge in [0, 0.05) is 5.56 Å². The summed E-state index contributed by atoms with van der Waals surface area (Å²) >= 11 is 0. The minimum absolute atomic E-state index is 0.286. The number of benzene rings is 3. The molecule has 5 heteroatoms. The number of nitrogens with one attached hydrogen (secondary N) is 1. The first-order chi connectivity index (χ1) is 13.2. The molecule has 0 aliphatic carbocycles. The summed E-state index contributed by atoms with van der Waals surface area (Å²) in [6, 6.07) is 23.9. The maximum Gasteiger partial charge on any atom is 0.271 e. The maximum absolute atomic E-state index is 12.1. The van der Waals surface area contributed by atoms with Gasteiger partial charge in [-0.25, -0.2) is 5.43 Å². The van der Waals surface area contributed by atoms with Crippen LogP contribution in [0.25, 0.3) is 0 Å². The van der Waals surface area contributed by atoms with Crippen LogP contribution >= 0.6 is 0 Å². The van der Waals surface area contributed by atoms with Gasteiger partial charge >= 0.3 is 0 Å².